The van der Waals surface area contributed by atoms with E-state index in [1.807, 2.05) is 11.0 Å². The van der Waals surface area contributed by atoms with Crippen LogP contribution in [0.1, 0.15) is 27.0 Å². The molecule has 0 atom stereocenters. The van der Waals surface area contributed by atoms with E-state index in [2.05, 4.69) is 25.6 Å². The highest BCUT2D eigenvalue weighted by atomic mass is 19.4. The van der Waals surface area contributed by atoms with Crippen LogP contribution < -0.4 is 15.5 Å². The van der Waals surface area contributed by atoms with E-state index in [0.29, 0.717) is 37.2 Å². The zero-order chi connectivity index (χ0) is 24.7. The first kappa shape index (κ1) is 22.5. The molecule has 1 amide bonds. The number of hydrogen-bond donors (Lipinski definition) is 2. The van der Waals surface area contributed by atoms with Crippen molar-refractivity contribution >= 4 is 40.8 Å². The number of amidine groups is 1. The SMILES string of the molecule is CNc1ncc2c(n1)N1CCN=C1C(c1ccc(C(=O)Nc3cc(C(F)(F)F)ccc3F)cc1)=C2. The maximum atomic E-state index is 14.0. The molecule has 3 heterocycles. The van der Waals surface area contributed by atoms with E-state index < -0.39 is 29.2 Å². The van der Waals surface area contributed by atoms with Crippen LogP contribution in [0, 0.1) is 5.82 Å². The van der Waals surface area contributed by atoms with Gasteiger partial charge in [0.25, 0.3) is 5.91 Å². The quantitative estimate of drug-likeness (QED) is 0.527. The van der Waals surface area contributed by atoms with Crippen LogP contribution in [-0.2, 0) is 6.18 Å². The molecule has 35 heavy (non-hydrogen) atoms. The van der Waals surface area contributed by atoms with Crippen molar-refractivity contribution in [2.75, 3.05) is 35.7 Å². The molecule has 0 radical (unpaired) electrons. The molecule has 0 bridgehead atoms. The molecule has 5 rings (SSSR count). The van der Waals surface area contributed by atoms with Gasteiger partial charge in [-0.3, -0.25) is 9.79 Å². The topological polar surface area (TPSA) is 82.5 Å². The summed E-state index contributed by atoms with van der Waals surface area (Å²) in [7, 11) is 1.74. The smallest absolute Gasteiger partial charge is 0.357 e. The molecule has 3 aromatic rings. The van der Waals surface area contributed by atoms with Crippen molar-refractivity contribution in [2.24, 2.45) is 4.99 Å². The Hall–Kier alpha value is -4.28. The predicted molar refractivity (Wildman–Crippen MR) is 125 cm³/mol. The van der Waals surface area contributed by atoms with Gasteiger partial charge < -0.3 is 15.5 Å². The summed E-state index contributed by atoms with van der Waals surface area (Å²) in [4.78, 5) is 28.0. The van der Waals surface area contributed by atoms with Gasteiger partial charge in [-0.2, -0.15) is 18.2 Å². The number of amides is 1. The van der Waals surface area contributed by atoms with Crippen LogP contribution >= 0.6 is 0 Å². The van der Waals surface area contributed by atoms with Gasteiger partial charge in [-0.1, -0.05) is 12.1 Å². The number of anilines is 3. The average molecular weight is 482 g/mol. The largest absolute Gasteiger partial charge is 0.416 e. The number of aromatic nitrogens is 2. The second-order valence-electron chi connectivity index (χ2n) is 7.86. The summed E-state index contributed by atoms with van der Waals surface area (Å²) in [6.45, 7) is 1.27. The first-order valence-corrected chi connectivity index (χ1v) is 10.6. The van der Waals surface area contributed by atoms with E-state index in [4.69, 9.17) is 0 Å². The molecule has 0 fully saturated rings. The van der Waals surface area contributed by atoms with E-state index in [-0.39, 0.29) is 5.56 Å². The third kappa shape index (κ3) is 4.20. The van der Waals surface area contributed by atoms with Crippen LogP contribution in [0.25, 0.3) is 11.6 Å². The lowest BCUT2D eigenvalue weighted by atomic mass is 9.97. The summed E-state index contributed by atoms with van der Waals surface area (Å²) in [6.07, 6.45) is -1.02. The monoisotopic (exact) mass is 482 g/mol. The Balaban J connectivity index is 1.41. The van der Waals surface area contributed by atoms with Crippen LogP contribution in [0.4, 0.5) is 35.0 Å². The summed E-state index contributed by atoms with van der Waals surface area (Å²) in [6, 6.07) is 8.31. The molecule has 0 unspecified atom stereocenters. The van der Waals surface area contributed by atoms with Gasteiger partial charge >= 0.3 is 6.18 Å². The molecule has 2 aliphatic heterocycles. The molecular weight excluding hydrogens is 464 g/mol. The Labute approximate surface area is 197 Å². The van der Waals surface area contributed by atoms with Gasteiger partial charge in [0.05, 0.1) is 17.8 Å². The highest BCUT2D eigenvalue weighted by Crippen LogP contribution is 2.35. The average Bonchev–Trinajstić information content (AvgIpc) is 3.34. The van der Waals surface area contributed by atoms with Crippen LogP contribution in [0.15, 0.2) is 53.7 Å². The number of nitrogens with one attached hydrogen (secondary N) is 2. The Morgan fingerprint density at radius 2 is 1.89 bits per heavy atom. The summed E-state index contributed by atoms with van der Waals surface area (Å²) in [5, 5.41) is 5.14. The van der Waals surface area contributed by atoms with Gasteiger partial charge in [-0.15, -0.1) is 0 Å². The van der Waals surface area contributed by atoms with Gasteiger partial charge in [0.1, 0.15) is 17.5 Å². The van der Waals surface area contributed by atoms with E-state index in [0.717, 1.165) is 28.4 Å². The van der Waals surface area contributed by atoms with Gasteiger partial charge in [0.2, 0.25) is 5.95 Å². The molecule has 2 aromatic carbocycles. The molecule has 2 aliphatic rings. The second kappa shape index (κ2) is 8.49. The molecule has 0 aliphatic carbocycles. The molecule has 2 N–H and O–H groups in total. The minimum absolute atomic E-state index is 0.162. The molecule has 0 spiro atoms. The zero-order valence-electron chi connectivity index (χ0n) is 18.3. The molecule has 178 valence electrons. The predicted octanol–water partition coefficient (Wildman–Crippen LogP) is 4.70. The summed E-state index contributed by atoms with van der Waals surface area (Å²) < 4.78 is 52.8. The fourth-order valence-electron chi connectivity index (χ4n) is 3.93. The number of nitrogens with zero attached hydrogens (tertiary/aromatic N) is 4. The lowest BCUT2D eigenvalue weighted by Gasteiger charge is -2.27. The molecule has 11 heteroatoms. The third-order valence-corrected chi connectivity index (χ3v) is 5.66. The van der Waals surface area contributed by atoms with Crippen LogP contribution in [0.3, 0.4) is 0 Å². The summed E-state index contributed by atoms with van der Waals surface area (Å²) in [5.74, 6) is 0.312. The lowest BCUT2D eigenvalue weighted by molar-refractivity contribution is -0.137. The van der Waals surface area contributed by atoms with Crippen molar-refractivity contribution in [3.05, 3.63) is 76.7 Å². The second-order valence-corrected chi connectivity index (χ2v) is 7.86. The Morgan fingerprint density at radius 3 is 2.60 bits per heavy atom. The number of alkyl halides is 3. The Morgan fingerprint density at radius 1 is 1.11 bits per heavy atom. The van der Waals surface area contributed by atoms with Crippen molar-refractivity contribution in [2.45, 2.75) is 6.18 Å². The molecule has 0 saturated carbocycles. The van der Waals surface area contributed by atoms with E-state index >= 15 is 0 Å². The van der Waals surface area contributed by atoms with Crippen molar-refractivity contribution in [3.63, 3.8) is 0 Å². The number of carbonyl (C=O) groups is 1. The lowest BCUT2D eigenvalue weighted by Crippen LogP contribution is -2.32. The van der Waals surface area contributed by atoms with Gasteiger partial charge in [-0.05, 0) is 42.0 Å². The van der Waals surface area contributed by atoms with Gasteiger partial charge in [-0.25, -0.2) is 9.37 Å². The standard InChI is InChI=1S/C24H18F4N6O/c1-29-23-31-12-15-10-17(21-30-8-9-34(21)20(15)33-23)13-2-4-14(5-3-13)22(35)32-19-11-16(24(26,27)28)6-7-18(19)25/h2-7,10-12H,8-9H2,1H3,(H,32,35)(H,29,31,33). The fourth-order valence-corrected chi connectivity index (χ4v) is 3.93. The first-order valence-electron chi connectivity index (χ1n) is 10.6. The first-order chi connectivity index (χ1) is 16.7. The number of rotatable bonds is 4. The third-order valence-electron chi connectivity index (χ3n) is 5.66. The summed E-state index contributed by atoms with van der Waals surface area (Å²) in [5.41, 5.74) is 0.989. The number of hydrogen-bond acceptors (Lipinski definition) is 6. The van der Waals surface area contributed by atoms with Gasteiger partial charge in [0, 0.05) is 36.5 Å². The Kier molecular flexibility index (Phi) is 5.46. The number of fused-ring (bicyclic) bond motifs is 3. The van der Waals surface area contributed by atoms with Crippen molar-refractivity contribution in [1.82, 2.24) is 9.97 Å². The van der Waals surface area contributed by atoms with Crippen molar-refractivity contribution in [1.29, 1.82) is 0 Å². The highest BCUT2D eigenvalue weighted by molar-refractivity contribution is 6.35. The fraction of sp³-hybridized carbons (Fsp3) is 0.167. The molecular formula is C24H18F4N6O. The molecule has 0 saturated heterocycles. The molecule has 7 nitrogen and oxygen atoms in total. The maximum absolute atomic E-state index is 14.0. The normalized spacial score (nSPS) is 14.6. The van der Waals surface area contributed by atoms with E-state index in [1.165, 1.54) is 12.1 Å². The van der Waals surface area contributed by atoms with Gasteiger partial charge in [0.15, 0.2) is 0 Å². The minimum atomic E-state index is -4.66. The van der Waals surface area contributed by atoms with E-state index in [1.54, 1.807) is 25.4 Å². The van der Waals surface area contributed by atoms with Crippen molar-refractivity contribution < 1.29 is 22.4 Å². The highest BCUT2D eigenvalue weighted by Gasteiger charge is 2.32. The number of aliphatic imine (C=N–C) groups is 1. The molecule has 1 aromatic heterocycles. The summed E-state index contributed by atoms with van der Waals surface area (Å²) >= 11 is 0. The maximum Gasteiger partial charge on any atom is 0.416 e. The van der Waals surface area contributed by atoms with E-state index in [9.17, 15) is 22.4 Å². The number of benzene rings is 2. The number of halogens is 4. The van der Waals surface area contributed by atoms with Crippen molar-refractivity contribution in [3.8, 4) is 0 Å². The van der Waals surface area contributed by atoms with Crippen LogP contribution in [0.2, 0.25) is 0 Å². The Bertz CT molecular complexity index is 1380. The zero-order valence-corrected chi connectivity index (χ0v) is 18.3. The van der Waals surface area contributed by atoms with Crippen LogP contribution in [0.5, 0.6) is 0 Å². The minimum Gasteiger partial charge on any atom is -0.357 e. The number of carbonyl (C=O) groups excluding carboxylic acids is 1. The van der Waals surface area contributed by atoms with Crippen LogP contribution in [-0.4, -0.2) is 41.8 Å².